The van der Waals surface area contributed by atoms with E-state index in [4.69, 9.17) is 27.3 Å². The second-order valence-electron chi connectivity index (χ2n) is 10.3. The van der Waals surface area contributed by atoms with E-state index in [1.807, 2.05) is 61.9 Å². The van der Waals surface area contributed by atoms with Gasteiger partial charge in [-0.2, -0.15) is 5.10 Å². The Bertz CT molecular complexity index is 1890. The molecule has 11 nitrogen and oxygen atoms in total. The third-order valence-electron chi connectivity index (χ3n) is 6.58. The van der Waals surface area contributed by atoms with E-state index in [2.05, 4.69) is 25.4 Å². The van der Waals surface area contributed by atoms with Crippen LogP contribution in [-0.2, 0) is 25.6 Å². The van der Waals surface area contributed by atoms with E-state index < -0.39 is 5.60 Å². The van der Waals surface area contributed by atoms with Crippen LogP contribution in [0.15, 0.2) is 67.1 Å². The molecule has 41 heavy (non-hydrogen) atoms. The number of hydrogen-bond donors (Lipinski definition) is 2. The number of anilines is 1. The molecule has 5 heterocycles. The van der Waals surface area contributed by atoms with Crippen molar-refractivity contribution in [3.05, 3.63) is 94.9 Å². The van der Waals surface area contributed by atoms with Gasteiger partial charge in [0.2, 0.25) is 0 Å². The lowest BCUT2D eigenvalue weighted by Gasteiger charge is -2.17. The van der Waals surface area contributed by atoms with Gasteiger partial charge in [-0.05, 0) is 50.2 Å². The van der Waals surface area contributed by atoms with Crippen molar-refractivity contribution >= 4 is 28.3 Å². The number of rotatable bonds is 7. The molecule has 206 valence electrons. The predicted molar refractivity (Wildman–Crippen MR) is 156 cm³/mol. The Balaban J connectivity index is 1.36. The molecule has 0 saturated heterocycles. The molecule has 0 spiro atoms. The van der Waals surface area contributed by atoms with Crippen molar-refractivity contribution in [2.45, 2.75) is 32.4 Å². The van der Waals surface area contributed by atoms with Gasteiger partial charge < -0.3 is 10.8 Å². The molecule has 0 aliphatic heterocycles. The van der Waals surface area contributed by atoms with Gasteiger partial charge in [-0.1, -0.05) is 28.9 Å². The average Bonchev–Trinajstić information content (AvgIpc) is 3.57. The van der Waals surface area contributed by atoms with Gasteiger partial charge in [0.25, 0.3) is 0 Å². The summed E-state index contributed by atoms with van der Waals surface area (Å²) in [7, 11) is 1.84. The fourth-order valence-electron chi connectivity index (χ4n) is 4.56. The molecular formula is C29H27ClN10O. The highest BCUT2D eigenvalue weighted by Gasteiger charge is 2.20. The van der Waals surface area contributed by atoms with Crippen LogP contribution in [0.1, 0.15) is 36.6 Å². The summed E-state index contributed by atoms with van der Waals surface area (Å²) in [6, 6.07) is 15.0. The minimum absolute atomic E-state index is 0.275. The van der Waals surface area contributed by atoms with E-state index in [0.29, 0.717) is 57.7 Å². The maximum atomic E-state index is 10.3. The molecule has 6 aromatic rings. The van der Waals surface area contributed by atoms with Gasteiger partial charge in [-0.25, -0.2) is 14.6 Å². The van der Waals surface area contributed by atoms with Crippen molar-refractivity contribution in [1.29, 1.82) is 0 Å². The Morgan fingerprint density at radius 2 is 1.85 bits per heavy atom. The maximum Gasteiger partial charge on any atom is 0.146 e. The first kappa shape index (κ1) is 26.5. The minimum Gasteiger partial charge on any atom is -0.384 e. The first-order valence-corrected chi connectivity index (χ1v) is 13.3. The number of fused-ring (bicyclic) bond motifs is 1. The lowest BCUT2D eigenvalue weighted by atomic mass is 10.0. The van der Waals surface area contributed by atoms with Crippen molar-refractivity contribution in [2.24, 2.45) is 7.05 Å². The summed E-state index contributed by atoms with van der Waals surface area (Å²) in [6.45, 7) is 3.80. The summed E-state index contributed by atoms with van der Waals surface area (Å²) in [5.74, 6) is 0.275. The first-order valence-electron chi connectivity index (χ1n) is 12.9. The number of aromatic nitrogens is 9. The smallest absolute Gasteiger partial charge is 0.146 e. The SMILES string of the molecule is Cn1ccc(-c2nc(N)c(Cc3cn(Cc4cccc(C(C)(C)O)n4)nn3)nc2-c2cc(Cl)c3ncccc3c2)n1. The summed E-state index contributed by atoms with van der Waals surface area (Å²) < 4.78 is 3.39. The zero-order chi connectivity index (χ0) is 28.7. The number of halogens is 1. The standard InChI is InChI=1S/C29H27ClN10O/c1-29(2,41)24-8-4-7-19(33-24)15-40-16-20(36-38-40)14-23-28(31)35-27(22-9-11-39(3)37-22)26(34-23)18-12-17-6-5-10-32-25(17)21(30)13-18/h4-13,16,41H,14-15H2,1-3H3,(H2,31,35). The molecule has 0 amide bonds. The molecule has 0 aliphatic rings. The van der Waals surface area contributed by atoms with Crippen molar-refractivity contribution in [3.8, 4) is 22.6 Å². The highest BCUT2D eigenvalue weighted by molar-refractivity contribution is 6.35. The van der Waals surface area contributed by atoms with Crippen LogP contribution in [0.5, 0.6) is 0 Å². The van der Waals surface area contributed by atoms with Crippen molar-refractivity contribution < 1.29 is 5.11 Å². The summed E-state index contributed by atoms with van der Waals surface area (Å²) in [5, 5.41) is 24.8. The highest BCUT2D eigenvalue weighted by Crippen LogP contribution is 2.34. The molecule has 0 atom stereocenters. The molecule has 12 heteroatoms. The molecule has 0 saturated carbocycles. The van der Waals surface area contributed by atoms with Crippen LogP contribution in [0.3, 0.4) is 0 Å². The molecule has 0 unspecified atom stereocenters. The van der Waals surface area contributed by atoms with E-state index in [0.717, 1.165) is 16.6 Å². The monoisotopic (exact) mass is 566 g/mol. The van der Waals surface area contributed by atoms with E-state index in [1.165, 1.54) is 0 Å². The lowest BCUT2D eigenvalue weighted by molar-refractivity contribution is 0.0736. The van der Waals surface area contributed by atoms with Gasteiger partial charge in [0, 0.05) is 43.0 Å². The summed E-state index contributed by atoms with van der Waals surface area (Å²) >= 11 is 6.62. The van der Waals surface area contributed by atoms with Gasteiger partial charge in [-0.3, -0.25) is 14.6 Å². The molecule has 6 rings (SSSR count). The predicted octanol–water partition coefficient (Wildman–Crippen LogP) is 4.18. The van der Waals surface area contributed by atoms with E-state index in [-0.39, 0.29) is 5.82 Å². The zero-order valence-corrected chi connectivity index (χ0v) is 23.4. The number of nitrogen functional groups attached to an aromatic ring is 1. The molecule has 0 bridgehead atoms. The number of benzene rings is 1. The fourth-order valence-corrected chi connectivity index (χ4v) is 4.84. The zero-order valence-electron chi connectivity index (χ0n) is 22.7. The number of nitrogens with two attached hydrogens (primary N) is 1. The Morgan fingerprint density at radius 3 is 2.63 bits per heavy atom. The lowest BCUT2D eigenvalue weighted by Crippen LogP contribution is -2.18. The molecule has 1 aromatic carbocycles. The summed E-state index contributed by atoms with van der Waals surface area (Å²) in [4.78, 5) is 18.7. The van der Waals surface area contributed by atoms with E-state index >= 15 is 0 Å². The minimum atomic E-state index is -1.04. The number of aryl methyl sites for hydroxylation is 1. The number of aliphatic hydroxyl groups is 1. The number of hydrogen-bond acceptors (Lipinski definition) is 9. The van der Waals surface area contributed by atoms with Crippen LogP contribution < -0.4 is 5.73 Å². The Morgan fingerprint density at radius 1 is 1.00 bits per heavy atom. The fraction of sp³-hybridized carbons (Fsp3) is 0.207. The first-order chi connectivity index (χ1) is 19.6. The van der Waals surface area contributed by atoms with Crippen molar-refractivity contribution in [2.75, 3.05) is 5.73 Å². The topological polar surface area (TPSA) is 146 Å². The maximum absolute atomic E-state index is 10.3. The Kier molecular flexibility index (Phi) is 6.68. The molecule has 5 aromatic heterocycles. The van der Waals surface area contributed by atoms with Gasteiger partial charge in [0.05, 0.1) is 45.6 Å². The van der Waals surface area contributed by atoms with E-state index in [1.54, 1.807) is 35.5 Å². The van der Waals surface area contributed by atoms with Crippen LogP contribution in [0.25, 0.3) is 33.5 Å². The second kappa shape index (κ2) is 10.3. The molecule has 0 fully saturated rings. The Hall–Kier alpha value is -4.74. The van der Waals surface area contributed by atoms with Gasteiger partial charge >= 0.3 is 0 Å². The average molecular weight is 567 g/mol. The van der Waals surface area contributed by atoms with Crippen LogP contribution in [0.4, 0.5) is 5.82 Å². The van der Waals surface area contributed by atoms with Crippen molar-refractivity contribution in [3.63, 3.8) is 0 Å². The molecular weight excluding hydrogens is 540 g/mol. The Labute approximate surface area is 240 Å². The largest absolute Gasteiger partial charge is 0.384 e. The van der Waals surface area contributed by atoms with Crippen LogP contribution in [0.2, 0.25) is 5.02 Å². The second-order valence-corrected chi connectivity index (χ2v) is 10.7. The normalized spacial score (nSPS) is 11.8. The molecule has 0 aliphatic carbocycles. The van der Waals surface area contributed by atoms with Crippen molar-refractivity contribution in [1.82, 2.24) is 44.7 Å². The molecule has 0 radical (unpaired) electrons. The van der Waals surface area contributed by atoms with Gasteiger partial charge in [-0.15, -0.1) is 5.10 Å². The highest BCUT2D eigenvalue weighted by atomic mass is 35.5. The number of pyridine rings is 2. The van der Waals surface area contributed by atoms with Crippen LogP contribution in [-0.4, -0.2) is 49.8 Å². The quantitative estimate of drug-likeness (QED) is 0.290. The van der Waals surface area contributed by atoms with E-state index in [9.17, 15) is 5.11 Å². The van der Waals surface area contributed by atoms with Gasteiger partial charge in [0.1, 0.15) is 22.8 Å². The third kappa shape index (κ3) is 5.49. The molecule has 3 N–H and O–H groups in total. The number of nitrogens with zero attached hydrogens (tertiary/aromatic N) is 9. The van der Waals surface area contributed by atoms with Crippen LogP contribution in [0, 0.1) is 0 Å². The van der Waals surface area contributed by atoms with Crippen LogP contribution >= 0.6 is 11.6 Å². The third-order valence-corrected chi connectivity index (χ3v) is 6.87. The summed E-state index contributed by atoms with van der Waals surface area (Å²) in [5.41, 5.74) is 11.2. The van der Waals surface area contributed by atoms with Gasteiger partial charge in [0.15, 0.2) is 0 Å². The summed E-state index contributed by atoms with van der Waals surface area (Å²) in [6.07, 6.45) is 5.69.